The number of carbonyl (C=O) groups is 2. The average Bonchev–Trinajstić information content (AvgIpc) is 2.60. The summed E-state index contributed by atoms with van der Waals surface area (Å²) in [5.41, 5.74) is 8.13. The number of carboxylic acid groups (broad SMARTS) is 1. The number of rotatable bonds is 5. The molecule has 0 radical (unpaired) electrons. The van der Waals surface area contributed by atoms with Crippen LogP contribution < -0.4 is 10.5 Å². The molecule has 1 aliphatic heterocycles. The third-order valence-corrected chi connectivity index (χ3v) is 4.55. The number of hydrogen-bond acceptors (Lipinski definition) is 4. The molecule has 0 fully saturated rings. The number of nitrogens with two attached hydrogens (primary N) is 1. The number of ether oxygens (including phenoxy) is 1. The van der Waals surface area contributed by atoms with E-state index in [1.165, 1.54) is 0 Å². The lowest BCUT2D eigenvalue weighted by Crippen LogP contribution is -2.51. The largest absolute Gasteiger partial charge is 0.497 e. The van der Waals surface area contributed by atoms with Crippen LogP contribution >= 0.6 is 0 Å². The molecule has 0 saturated carbocycles. The average molecular weight is 340 g/mol. The van der Waals surface area contributed by atoms with Gasteiger partial charge in [-0.15, -0.1) is 0 Å². The predicted octanol–water partition coefficient (Wildman–Crippen LogP) is 1.73. The van der Waals surface area contributed by atoms with Gasteiger partial charge in [0.05, 0.1) is 7.11 Å². The zero-order valence-corrected chi connectivity index (χ0v) is 13.9. The minimum atomic E-state index is -0.969. The fourth-order valence-corrected chi connectivity index (χ4v) is 3.40. The second kappa shape index (κ2) is 6.94. The van der Waals surface area contributed by atoms with Crippen LogP contribution in [0.1, 0.15) is 22.7 Å². The summed E-state index contributed by atoms with van der Waals surface area (Å²) in [4.78, 5) is 25.7. The number of methoxy groups -OCH3 is 1. The van der Waals surface area contributed by atoms with Gasteiger partial charge in [-0.2, -0.15) is 0 Å². The molecular formula is C19H20N2O4. The summed E-state index contributed by atoms with van der Waals surface area (Å²) >= 11 is 0. The van der Waals surface area contributed by atoms with Crippen molar-refractivity contribution >= 4 is 11.9 Å². The van der Waals surface area contributed by atoms with Gasteiger partial charge in [0.25, 0.3) is 0 Å². The Morgan fingerprint density at radius 2 is 2.00 bits per heavy atom. The number of carbonyl (C=O) groups excluding carboxylic acids is 1. The van der Waals surface area contributed by atoms with Gasteiger partial charge < -0.3 is 15.6 Å². The Hall–Kier alpha value is -2.86. The molecule has 2 aromatic rings. The Balaban J connectivity index is 2.03. The third-order valence-electron chi connectivity index (χ3n) is 4.55. The van der Waals surface area contributed by atoms with Gasteiger partial charge >= 0.3 is 5.97 Å². The highest BCUT2D eigenvalue weighted by molar-refractivity contribution is 5.84. The van der Waals surface area contributed by atoms with Crippen LogP contribution in [0.15, 0.2) is 48.5 Å². The summed E-state index contributed by atoms with van der Waals surface area (Å²) in [7, 11) is 1.57. The van der Waals surface area contributed by atoms with Crippen molar-refractivity contribution in [3.8, 4) is 5.75 Å². The first-order valence-corrected chi connectivity index (χ1v) is 8.00. The Bertz CT molecular complexity index is 806. The van der Waals surface area contributed by atoms with Crippen molar-refractivity contribution in [3.63, 3.8) is 0 Å². The van der Waals surface area contributed by atoms with Crippen LogP contribution in [0.25, 0.3) is 0 Å². The number of aliphatic carboxylic acids is 1. The maximum Gasteiger partial charge on any atom is 0.321 e. The van der Waals surface area contributed by atoms with E-state index >= 15 is 0 Å². The molecule has 2 aromatic carbocycles. The molecule has 2 unspecified atom stereocenters. The fourth-order valence-electron chi connectivity index (χ4n) is 3.40. The molecule has 2 atom stereocenters. The molecule has 1 amide bonds. The molecular weight excluding hydrogens is 320 g/mol. The topological polar surface area (TPSA) is 92.9 Å². The lowest BCUT2D eigenvalue weighted by Gasteiger charge is -2.39. The highest BCUT2D eigenvalue weighted by Crippen LogP contribution is 2.34. The van der Waals surface area contributed by atoms with Gasteiger partial charge in [-0.3, -0.25) is 14.5 Å². The first-order chi connectivity index (χ1) is 12.0. The summed E-state index contributed by atoms with van der Waals surface area (Å²) in [5, 5.41) is 9.69. The zero-order chi connectivity index (χ0) is 18.0. The van der Waals surface area contributed by atoms with Crippen molar-refractivity contribution in [3.05, 3.63) is 65.2 Å². The van der Waals surface area contributed by atoms with Crippen LogP contribution in [0.5, 0.6) is 5.75 Å². The smallest absolute Gasteiger partial charge is 0.321 e. The Labute approximate surface area is 145 Å². The van der Waals surface area contributed by atoms with Gasteiger partial charge in [-0.05, 0) is 35.2 Å². The van der Waals surface area contributed by atoms with E-state index in [1.54, 1.807) is 12.0 Å². The molecule has 25 heavy (non-hydrogen) atoms. The van der Waals surface area contributed by atoms with Crippen molar-refractivity contribution in [2.24, 2.45) is 5.73 Å². The number of amides is 1. The van der Waals surface area contributed by atoms with E-state index in [1.807, 2.05) is 48.5 Å². The monoisotopic (exact) mass is 340 g/mol. The summed E-state index contributed by atoms with van der Waals surface area (Å²) in [5.74, 6) is -0.845. The van der Waals surface area contributed by atoms with Gasteiger partial charge in [-0.25, -0.2) is 0 Å². The molecule has 6 nitrogen and oxygen atoms in total. The maximum atomic E-state index is 12.2. The molecule has 3 N–H and O–H groups in total. The molecule has 0 aliphatic carbocycles. The molecule has 130 valence electrons. The number of nitrogens with zero attached hydrogens (tertiary/aromatic N) is 1. The highest BCUT2D eigenvalue weighted by Gasteiger charge is 2.40. The van der Waals surface area contributed by atoms with Crippen LogP contribution in [0.4, 0.5) is 0 Å². The first kappa shape index (κ1) is 17.0. The summed E-state index contributed by atoms with van der Waals surface area (Å²) in [6.07, 6.45) is 0.333. The van der Waals surface area contributed by atoms with Crippen LogP contribution in [0.3, 0.4) is 0 Å². The lowest BCUT2D eigenvalue weighted by molar-refractivity contribution is -0.146. The third kappa shape index (κ3) is 3.34. The van der Waals surface area contributed by atoms with E-state index in [0.29, 0.717) is 12.2 Å². The van der Waals surface area contributed by atoms with Gasteiger partial charge in [-0.1, -0.05) is 36.4 Å². The minimum absolute atomic E-state index is 0.288. The molecule has 1 aliphatic rings. The molecule has 0 spiro atoms. The van der Waals surface area contributed by atoms with Crippen LogP contribution in [0, 0.1) is 0 Å². The normalized spacial score (nSPS) is 19.9. The molecule has 6 heteroatoms. The van der Waals surface area contributed by atoms with Crippen molar-refractivity contribution < 1.29 is 19.4 Å². The fraction of sp³-hybridized carbons (Fsp3) is 0.263. The Morgan fingerprint density at radius 3 is 2.68 bits per heavy atom. The van der Waals surface area contributed by atoms with E-state index in [0.717, 1.165) is 16.7 Å². The SMILES string of the molecule is COc1cccc(CN2C(C(=O)O)Cc3ccccc3C2C(N)=O)c1. The number of fused-ring (bicyclic) bond motifs is 1. The van der Waals surface area contributed by atoms with E-state index < -0.39 is 24.0 Å². The van der Waals surface area contributed by atoms with Crippen molar-refractivity contribution in [2.45, 2.75) is 25.0 Å². The van der Waals surface area contributed by atoms with Crippen LogP contribution in [-0.2, 0) is 22.6 Å². The molecule has 0 saturated heterocycles. The second-order valence-corrected chi connectivity index (χ2v) is 6.09. The van der Waals surface area contributed by atoms with E-state index in [-0.39, 0.29) is 6.54 Å². The van der Waals surface area contributed by atoms with Crippen molar-refractivity contribution in [1.82, 2.24) is 4.90 Å². The predicted molar refractivity (Wildman–Crippen MR) is 92.0 cm³/mol. The highest BCUT2D eigenvalue weighted by atomic mass is 16.5. The number of benzene rings is 2. The van der Waals surface area contributed by atoms with Gasteiger partial charge in [0.1, 0.15) is 17.8 Å². The van der Waals surface area contributed by atoms with E-state index in [2.05, 4.69) is 0 Å². The summed E-state index contributed by atoms with van der Waals surface area (Å²) in [6.45, 7) is 0.288. The number of carboxylic acids is 1. The second-order valence-electron chi connectivity index (χ2n) is 6.09. The standard InChI is InChI=1S/C19H20N2O4/c1-25-14-7-4-5-12(9-14)11-21-16(19(23)24)10-13-6-2-3-8-15(13)17(21)18(20)22/h2-9,16-17H,10-11H2,1H3,(H2,20,22)(H,23,24). The van der Waals surface area contributed by atoms with Gasteiger partial charge in [0.2, 0.25) is 5.91 Å². The van der Waals surface area contributed by atoms with Crippen molar-refractivity contribution in [1.29, 1.82) is 0 Å². The molecule has 0 bridgehead atoms. The summed E-state index contributed by atoms with van der Waals surface area (Å²) in [6, 6.07) is 13.1. The Morgan fingerprint density at radius 1 is 1.24 bits per heavy atom. The number of primary amides is 1. The lowest BCUT2D eigenvalue weighted by atomic mass is 9.87. The quantitative estimate of drug-likeness (QED) is 0.865. The Kier molecular flexibility index (Phi) is 4.72. The van der Waals surface area contributed by atoms with Gasteiger partial charge in [0.15, 0.2) is 0 Å². The van der Waals surface area contributed by atoms with Crippen LogP contribution in [0.2, 0.25) is 0 Å². The zero-order valence-electron chi connectivity index (χ0n) is 13.9. The first-order valence-electron chi connectivity index (χ1n) is 8.00. The maximum absolute atomic E-state index is 12.2. The van der Waals surface area contributed by atoms with Crippen LogP contribution in [-0.4, -0.2) is 35.0 Å². The molecule has 3 rings (SSSR count). The van der Waals surface area contributed by atoms with E-state index in [9.17, 15) is 14.7 Å². The van der Waals surface area contributed by atoms with E-state index in [4.69, 9.17) is 10.5 Å². The molecule has 0 aromatic heterocycles. The molecule has 1 heterocycles. The number of hydrogen-bond donors (Lipinski definition) is 2. The summed E-state index contributed by atoms with van der Waals surface area (Å²) < 4.78 is 5.22. The van der Waals surface area contributed by atoms with Gasteiger partial charge in [0, 0.05) is 6.54 Å². The van der Waals surface area contributed by atoms with Crippen molar-refractivity contribution in [2.75, 3.05) is 7.11 Å². The minimum Gasteiger partial charge on any atom is -0.497 e.